The molecule has 1 unspecified atom stereocenters. The number of nitrogens with zero attached hydrogens (tertiary/aromatic N) is 2. The average Bonchev–Trinajstić information content (AvgIpc) is 2.91. The Bertz CT molecular complexity index is 417. The van der Waals surface area contributed by atoms with Crippen LogP contribution >= 0.6 is 0 Å². The van der Waals surface area contributed by atoms with E-state index in [0.717, 1.165) is 31.1 Å². The van der Waals surface area contributed by atoms with E-state index in [0.29, 0.717) is 17.4 Å². The lowest BCUT2D eigenvalue weighted by atomic mass is 9.73. The molecule has 0 saturated heterocycles. The molecular weight excluding hydrogens is 262 g/mol. The van der Waals surface area contributed by atoms with E-state index in [9.17, 15) is 0 Å². The van der Waals surface area contributed by atoms with Crippen LogP contribution in [0.4, 0.5) is 0 Å². The smallest absolute Gasteiger partial charge is 0.226 e. The van der Waals surface area contributed by atoms with Gasteiger partial charge in [0.15, 0.2) is 5.82 Å². The maximum absolute atomic E-state index is 5.44. The van der Waals surface area contributed by atoms with Crippen LogP contribution in [0, 0.1) is 5.41 Å². The van der Waals surface area contributed by atoms with E-state index in [2.05, 4.69) is 43.2 Å². The molecule has 4 heteroatoms. The van der Waals surface area contributed by atoms with Crippen LogP contribution in [-0.2, 0) is 6.42 Å². The predicted octanol–water partition coefficient (Wildman–Crippen LogP) is 4.07. The number of hydrogen-bond acceptors (Lipinski definition) is 4. The van der Waals surface area contributed by atoms with E-state index < -0.39 is 0 Å². The first kappa shape index (κ1) is 16.5. The molecule has 1 aromatic heterocycles. The van der Waals surface area contributed by atoms with Crippen LogP contribution in [0.1, 0.15) is 83.9 Å². The molecular formula is C17H31N3O. The van der Waals surface area contributed by atoms with Gasteiger partial charge in [0.05, 0.1) is 0 Å². The highest BCUT2D eigenvalue weighted by atomic mass is 16.5. The third-order valence-electron chi connectivity index (χ3n) is 4.72. The largest absolute Gasteiger partial charge is 0.339 e. The molecule has 1 saturated carbocycles. The summed E-state index contributed by atoms with van der Waals surface area (Å²) in [5.74, 6) is 2.25. The van der Waals surface area contributed by atoms with Crippen LogP contribution in [0.5, 0.6) is 0 Å². The monoisotopic (exact) mass is 293 g/mol. The first-order chi connectivity index (χ1) is 10.00. The van der Waals surface area contributed by atoms with Crippen LogP contribution in [0.15, 0.2) is 4.52 Å². The Morgan fingerprint density at radius 2 is 2.05 bits per heavy atom. The van der Waals surface area contributed by atoms with Crippen molar-refractivity contribution in [1.29, 1.82) is 0 Å². The van der Waals surface area contributed by atoms with Crippen molar-refractivity contribution in [2.75, 3.05) is 6.54 Å². The van der Waals surface area contributed by atoms with Crippen LogP contribution in [0.2, 0.25) is 0 Å². The Labute approximate surface area is 129 Å². The summed E-state index contributed by atoms with van der Waals surface area (Å²) in [6.45, 7) is 10.2. The van der Waals surface area contributed by atoms with Gasteiger partial charge in [0.25, 0.3) is 0 Å². The fourth-order valence-electron chi connectivity index (χ4n) is 3.03. The van der Waals surface area contributed by atoms with Crippen LogP contribution in [0.3, 0.4) is 0 Å². The van der Waals surface area contributed by atoms with Gasteiger partial charge in [-0.2, -0.15) is 4.98 Å². The van der Waals surface area contributed by atoms with E-state index in [-0.39, 0.29) is 0 Å². The van der Waals surface area contributed by atoms with Crippen molar-refractivity contribution in [2.24, 2.45) is 5.41 Å². The van der Waals surface area contributed by atoms with Gasteiger partial charge in [0, 0.05) is 18.4 Å². The molecule has 1 aliphatic carbocycles. The minimum absolute atomic E-state index is 0.490. The molecule has 1 heterocycles. The Hall–Kier alpha value is -0.900. The number of hydrogen-bond donors (Lipinski definition) is 1. The fourth-order valence-corrected chi connectivity index (χ4v) is 3.03. The Balaban J connectivity index is 1.79. The molecule has 4 nitrogen and oxygen atoms in total. The van der Waals surface area contributed by atoms with Gasteiger partial charge < -0.3 is 9.84 Å². The molecule has 2 rings (SSSR count). The molecule has 0 aliphatic heterocycles. The molecule has 0 amide bonds. The standard InChI is InChI=1S/C17H31N3O/c1-5-12-18-13(2)6-7-15-19-16(20-21-15)14-8-10-17(3,4)11-9-14/h13-14,18H,5-12H2,1-4H3. The van der Waals surface area contributed by atoms with Gasteiger partial charge in [0.1, 0.15) is 0 Å². The summed E-state index contributed by atoms with van der Waals surface area (Å²) in [4.78, 5) is 4.63. The average molecular weight is 293 g/mol. The first-order valence-corrected chi connectivity index (χ1v) is 8.56. The molecule has 0 bridgehead atoms. The highest BCUT2D eigenvalue weighted by Crippen LogP contribution is 2.41. The molecule has 1 aromatic rings. The zero-order valence-electron chi connectivity index (χ0n) is 14.1. The number of aryl methyl sites for hydroxylation is 1. The van der Waals surface area contributed by atoms with E-state index in [4.69, 9.17) is 4.52 Å². The van der Waals surface area contributed by atoms with Crippen molar-refractivity contribution >= 4 is 0 Å². The van der Waals surface area contributed by atoms with Crippen molar-refractivity contribution in [3.05, 3.63) is 11.7 Å². The van der Waals surface area contributed by atoms with Crippen LogP contribution in [0.25, 0.3) is 0 Å². The van der Waals surface area contributed by atoms with Gasteiger partial charge in [0.2, 0.25) is 5.89 Å². The summed E-state index contributed by atoms with van der Waals surface area (Å²) in [7, 11) is 0. The third kappa shape index (κ3) is 5.10. The molecule has 1 N–H and O–H groups in total. The number of rotatable bonds is 7. The Morgan fingerprint density at radius 1 is 1.33 bits per heavy atom. The van der Waals surface area contributed by atoms with Crippen molar-refractivity contribution in [2.45, 2.75) is 84.6 Å². The molecule has 0 aromatic carbocycles. The van der Waals surface area contributed by atoms with Gasteiger partial charge in [-0.3, -0.25) is 0 Å². The summed E-state index contributed by atoms with van der Waals surface area (Å²) in [6.07, 6.45) is 8.02. The van der Waals surface area contributed by atoms with Crippen molar-refractivity contribution in [3.8, 4) is 0 Å². The zero-order chi connectivity index (χ0) is 15.3. The molecule has 1 atom stereocenters. The Kier molecular flexibility index (Phi) is 5.80. The highest BCUT2D eigenvalue weighted by Gasteiger charge is 2.30. The number of nitrogens with one attached hydrogen (secondary N) is 1. The summed E-state index contributed by atoms with van der Waals surface area (Å²) >= 11 is 0. The zero-order valence-corrected chi connectivity index (χ0v) is 14.1. The minimum atomic E-state index is 0.490. The van der Waals surface area contributed by atoms with Gasteiger partial charge >= 0.3 is 0 Å². The summed E-state index contributed by atoms with van der Waals surface area (Å²) in [6, 6.07) is 0.510. The van der Waals surface area contributed by atoms with Gasteiger partial charge in [-0.25, -0.2) is 0 Å². The van der Waals surface area contributed by atoms with E-state index >= 15 is 0 Å². The Morgan fingerprint density at radius 3 is 2.71 bits per heavy atom. The fraction of sp³-hybridized carbons (Fsp3) is 0.882. The van der Waals surface area contributed by atoms with E-state index in [1.165, 1.54) is 32.1 Å². The minimum Gasteiger partial charge on any atom is -0.339 e. The van der Waals surface area contributed by atoms with Crippen molar-refractivity contribution in [1.82, 2.24) is 15.5 Å². The molecule has 1 aliphatic rings. The molecule has 120 valence electrons. The second-order valence-electron chi connectivity index (χ2n) is 7.38. The lowest BCUT2D eigenvalue weighted by molar-refractivity contribution is 0.218. The second-order valence-corrected chi connectivity index (χ2v) is 7.38. The molecule has 0 spiro atoms. The summed E-state index contributed by atoms with van der Waals surface area (Å²) in [5.41, 5.74) is 0.490. The van der Waals surface area contributed by atoms with Crippen LogP contribution < -0.4 is 5.32 Å². The SMILES string of the molecule is CCCNC(C)CCc1nc(C2CCC(C)(C)CC2)no1. The molecule has 1 fully saturated rings. The lowest BCUT2D eigenvalue weighted by Crippen LogP contribution is -2.27. The van der Waals surface area contributed by atoms with Gasteiger partial charge in [-0.1, -0.05) is 25.9 Å². The van der Waals surface area contributed by atoms with E-state index in [1.807, 2.05) is 0 Å². The highest BCUT2D eigenvalue weighted by molar-refractivity contribution is 4.99. The van der Waals surface area contributed by atoms with Gasteiger partial charge in [-0.05, 0) is 57.4 Å². The maximum Gasteiger partial charge on any atom is 0.226 e. The summed E-state index contributed by atoms with van der Waals surface area (Å²) < 4.78 is 5.44. The quantitative estimate of drug-likeness (QED) is 0.823. The normalized spacial score (nSPS) is 20.6. The first-order valence-electron chi connectivity index (χ1n) is 8.56. The molecule has 0 radical (unpaired) electrons. The molecule has 21 heavy (non-hydrogen) atoms. The van der Waals surface area contributed by atoms with Crippen molar-refractivity contribution in [3.63, 3.8) is 0 Å². The van der Waals surface area contributed by atoms with E-state index in [1.54, 1.807) is 0 Å². The second kappa shape index (κ2) is 7.39. The van der Waals surface area contributed by atoms with Gasteiger partial charge in [-0.15, -0.1) is 0 Å². The maximum atomic E-state index is 5.44. The summed E-state index contributed by atoms with van der Waals surface area (Å²) in [5, 5.41) is 7.71. The van der Waals surface area contributed by atoms with Crippen LogP contribution in [-0.4, -0.2) is 22.7 Å². The predicted molar refractivity (Wildman–Crippen MR) is 85.4 cm³/mol. The third-order valence-corrected chi connectivity index (χ3v) is 4.72. The topological polar surface area (TPSA) is 51.0 Å². The number of aromatic nitrogens is 2. The van der Waals surface area contributed by atoms with Crippen molar-refractivity contribution < 1.29 is 4.52 Å². The lowest BCUT2D eigenvalue weighted by Gasteiger charge is -2.32.